The lowest BCUT2D eigenvalue weighted by Crippen LogP contribution is -2.37. The van der Waals surface area contributed by atoms with E-state index in [9.17, 15) is 14.4 Å². The Morgan fingerprint density at radius 2 is 1.73 bits per heavy atom. The van der Waals surface area contributed by atoms with Gasteiger partial charge in [-0.05, 0) is 25.0 Å². The van der Waals surface area contributed by atoms with Crippen LogP contribution in [0.25, 0.3) is 10.9 Å². The van der Waals surface area contributed by atoms with Crippen molar-refractivity contribution in [1.29, 1.82) is 0 Å². The molecule has 0 saturated heterocycles. The van der Waals surface area contributed by atoms with Crippen LogP contribution in [0, 0.1) is 0 Å². The first-order valence-electron chi connectivity index (χ1n) is 9.77. The molecule has 0 aliphatic carbocycles. The van der Waals surface area contributed by atoms with Crippen molar-refractivity contribution in [3.63, 3.8) is 0 Å². The monoisotopic (exact) mass is 408 g/mol. The highest BCUT2D eigenvalue weighted by Gasteiger charge is 2.18. The number of ether oxygens (including phenoxy) is 1. The van der Waals surface area contributed by atoms with E-state index in [1.54, 1.807) is 6.07 Å². The predicted molar refractivity (Wildman–Crippen MR) is 112 cm³/mol. The summed E-state index contributed by atoms with van der Waals surface area (Å²) in [5, 5.41) is 12.9. The third-order valence-electron chi connectivity index (χ3n) is 4.53. The van der Waals surface area contributed by atoms with Crippen molar-refractivity contribution in [2.75, 3.05) is 13.1 Å². The number of carbonyl (C=O) groups is 3. The Bertz CT molecular complexity index is 1020. The number of nitrogens with one attached hydrogen (secondary N) is 3. The average molecular weight is 408 g/mol. The molecule has 0 fully saturated rings. The van der Waals surface area contributed by atoms with Gasteiger partial charge in [0, 0.05) is 18.5 Å². The summed E-state index contributed by atoms with van der Waals surface area (Å²) >= 11 is 0. The summed E-state index contributed by atoms with van der Waals surface area (Å²) in [5.41, 5.74) is 2.14. The Labute approximate surface area is 174 Å². The van der Waals surface area contributed by atoms with E-state index in [0.29, 0.717) is 18.4 Å². The molecule has 0 radical (unpaired) electrons. The Hall–Kier alpha value is -3.68. The number of nitrogens with zero attached hydrogens (tertiary/aromatic N) is 1. The molecule has 3 N–H and O–H groups in total. The molecule has 0 aliphatic rings. The van der Waals surface area contributed by atoms with Crippen LogP contribution in [-0.2, 0) is 20.7 Å². The molecule has 156 valence electrons. The highest BCUT2D eigenvalue weighted by molar-refractivity contribution is 6.04. The van der Waals surface area contributed by atoms with Crippen molar-refractivity contribution < 1.29 is 19.1 Å². The number of hydrogen-bond donors (Lipinski definition) is 3. The van der Waals surface area contributed by atoms with E-state index in [2.05, 4.69) is 20.8 Å². The Kier molecular flexibility index (Phi) is 7.15. The van der Waals surface area contributed by atoms with E-state index in [1.165, 1.54) is 6.92 Å². The summed E-state index contributed by atoms with van der Waals surface area (Å²) in [6.07, 6.45) is -0.254. The molecule has 0 bridgehead atoms. The van der Waals surface area contributed by atoms with E-state index >= 15 is 0 Å². The van der Waals surface area contributed by atoms with Crippen LogP contribution in [0.3, 0.4) is 0 Å². The van der Waals surface area contributed by atoms with E-state index < -0.39 is 12.1 Å². The highest BCUT2D eigenvalue weighted by atomic mass is 16.5. The Morgan fingerprint density at radius 3 is 2.53 bits per heavy atom. The quantitative estimate of drug-likeness (QED) is 0.469. The number of aromatic nitrogens is 2. The van der Waals surface area contributed by atoms with Gasteiger partial charge in [-0.25, -0.2) is 0 Å². The zero-order valence-electron chi connectivity index (χ0n) is 16.7. The molecule has 30 heavy (non-hydrogen) atoms. The number of carbonyl (C=O) groups excluding carboxylic acids is 3. The zero-order chi connectivity index (χ0) is 21.3. The summed E-state index contributed by atoms with van der Waals surface area (Å²) in [6, 6.07) is 17.1. The molecule has 3 aromatic rings. The lowest BCUT2D eigenvalue weighted by Gasteiger charge is -2.13. The molecule has 0 spiro atoms. The molecule has 2 aromatic carbocycles. The molecular formula is C22H24N4O4. The number of fused-ring (bicyclic) bond motifs is 1. The predicted octanol–water partition coefficient (Wildman–Crippen LogP) is 1.97. The number of para-hydroxylation sites is 1. The van der Waals surface area contributed by atoms with Gasteiger partial charge in [0.15, 0.2) is 11.8 Å². The van der Waals surface area contributed by atoms with Crippen LogP contribution < -0.4 is 10.6 Å². The lowest BCUT2D eigenvalue weighted by atomic mass is 10.1. The van der Waals surface area contributed by atoms with Crippen LogP contribution in [0.4, 0.5) is 0 Å². The molecule has 0 aliphatic heterocycles. The van der Waals surface area contributed by atoms with Crippen molar-refractivity contribution in [1.82, 2.24) is 20.8 Å². The van der Waals surface area contributed by atoms with Crippen LogP contribution in [0.15, 0.2) is 54.6 Å². The summed E-state index contributed by atoms with van der Waals surface area (Å²) < 4.78 is 5.13. The maximum Gasteiger partial charge on any atom is 0.308 e. The molecule has 3 rings (SSSR count). The van der Waals surface area contributed by atoms with Gasteiger partial charge in [-0.2, -0.15) is 5.10 Å². The van der Waals surface area contributed by atoms with E-state index in [-0.39, 0.29) is 30.5 Å². The van der Waals surface area contributed by atoms with Gasteiger partial charge in [-0.3, -0.25) is 19.5 Å². The fraction of sp³-hybridized carbons (Fsp3) is 0.273. The fourth-order valence-corrected chi connectivity index (χ4v) is 2.93. The minimum atomic E-state index is -0.903. The Balaban J connectivity index is 1.36. The van der Waals surface area contributed by atoms with Crippen LogP contribution in [0.1, 0.15) is 29.4 Å². The summed E-state index contributed by atoms with van der Waals surface area (Å²) in [6.45, 7) is 2.06. The maximum absolute atomic E-state index is 12.3. The number of H-pyrrole nitrogens is 1. The molecule has 1 heterocycles. The van der Waals surface area contributed by atoms with Crippen molar-refractivity contribution >= 4 is 28.7 Å². The molecule has 0 saturated carbocycles. The molecule has 8 heteroatoms. The fourth-order valence-electron chi connectivity index (χ4n) is 2.93. The van der Waals surface area contributed by atoms with Gasteiger partial charge in [0.1, 0.15) is 0 Å². The third-order valence-corrected chi connectivity index (χ3v) is 4.53. The summed E-state index contributed by atoms with van der Waals surface area (Å²) in [5.74, 6) is -1.30. The molecular weight excluding hydrogens is 384 g/mol. The van der Waals surface area contributed by atoms with Crippen molar-refractivity contribution in [2.45, 2.75) is 25.9 Å². The van der Waals surface area contributed by atoms with Gasteiger partial charge >= 0.3 is 5.97 Å². The number of aromatic amines is 1. The van der Waals surface area contributed by atoms with Gasteiger partial charge in [0.05, 0.1) is 11.9 Å². The largest absolute Gasteiger partial charge is 0.452 e. The topological polar surface area (TPSA) is 113 Å². The van der Waals surface area contributed by atoms with Crippen LogP contribution in [0.5, 0.6) is 0 Å². The molecule has 1 aromatic heterocycles. The molecule has 2 amide bonds. The Morgan fingerprint density at radius 1 is 1.00 bits per heavy atom. The first-order valence-corrected chi connectivity index (χ1v) is 9.77. The second-order valence-corrected chi connectivity index (χ2v) is 6.78. The van der Waals surface area contributed by atoms with Gasteiger partial charge in [-0.1, -0.05) is 48.5 Å². The summed E-state index contributed by atoms with van der Waals surface area (Å²) in [4.78, 5) is 36.3. The maximum atomic E-state index is 12.3. The first-order chi connectivity index (χ1) is 14.5. The van der Waals surface area contributed by atoms with Crippen molar-refractivity contribution in [2.24, 2.45) is 0 Å². The van der Waals surface area contributed by atoms with E-state index in [1.807, 2.05) is 48.5 Å². The van der Waals surface area contributed by atoms with Crippen molar-refractivity contribution in [3.05, 3.63) is 65.9 Å². The van der Waals surface area contributed by atoms with E-state index in [0.717, 1.165) is 11.1 Å². The van der Waals surface area contributed by atoms with Crippen LogP contribution in [0.2, 0.25) is 0 Å². The minimum absolute atomic E-state index is 0.0459. The van der Waals surface area contributed by atoms with E-state index in [4.69, 9.17) is 4.74 Å². The second-order valence-electron chi connectivity index (χ2n) is 6.78. The van der Waals surface area contributed by atoms with Crippen LogP contribution >= 0.6 is 0 Å². The third kappa shape index (κ3) is 5.66. The minimum Gasteiger partial charge on any atom is -0.452 e. The summed E-state index contributed by atoms with van der Waals surface area (Å²) in [7, 11) is 0. The number of rotatable bonds is 9. The van der Waals surface area contributed by atoms with Gasteiger partial charge in [0.2, 0.25) is 0 Å². The number of amides is 2. The van der Waals surface area contributed by atoms with Gasteiger partial charge in [0.25, 0.3) is 11.8 Å². The van der Waals surface area contributed by atoms with Crippen LogP contribution in [-0.4, -0.2) is 47.2 Å². The average Bonchev–Trinajstić information content (AvgIpc) is 3.18. The van der Waals surface area contributed by atoms with Gasteiger partial charge < -0.3 is 15.4 Å². The zero-order valence-corrected chi connectivity index (χ0v) is 16.7. The lowest BCUT2D eigenvalue weighted by molar-refractivity contribution is -0.154. The smallest absolute Gasteiger partial charge is 0.308 e. The standard InChI is InChI=1S/C22H24N4O4/c1-15(21(28)23-13-11-16-7-3-2-4-8-16)30-19(27)12-14-24-22(29)20-17-9-5-6-10-18(17)25-26-20/h2-10,15H,11-14H2,1H3,(H,23,28)(H,24,29)(H,25,26). The molecule has 1 atom stereocenters. The van der Waals surface area contributed by atoms with Gasteiger partial charge in [-0.15, -0.1) is 0 Å². The van der Waals surface area contributed by atoms with Crippen molar-refractivity contribution in [3.8, 4) is 0 Å². The molecule has 1 unspecified atom stereocenters. The first kappa shape index (κ1) is 21.0. The SMILES string of the molecule is CC(OC(=O)CCNC(=O)c1n[nH]c2ccccc12)C(=O)NCCc1ccccc1. The normalized spacial score (nSPS) is 11.6. The molecule has 8 nitrogen and oxygen atoms in total. The number of hydrogen-bond acceptors (Lipinski definition) is 5. The number of benzene rings is 2. The number of esters is 1. The second kappa shape index (κ2) is 10.2. The highest BCUT2D eigenvalue weighted by Crippen LogP contribution is 2.14.